The summed E-state index contributed by atoms with van der Waals surface area (Å²) in [6, 6.07) is 13.7. The highest BCUT2D eigenvalue weighted by atomic mass is 16.5. The van der Waals surface area contributed by atoms with E-state index in [-0.39, 0.29) is 18.4 Å². The third-order valence-electron chi connectivity index (χ3n) is 5.43. The summed E-state index contributed by atoms with van der Waals surface area (Å²) < 4.78 is 15.9. The van der Waals surface area contributed by atoms with Crippen molar-refractivity contribution in [1.29, 1.82) is 0 Å². The monoisotopic (exact) mass is 411 g/mol. The third-order valence-corrected chi connectivity index (χ3v) is 5.43. The zero-order valence-electron chi connectivity index (χ0n) is 17.8. The van der Waals surface area contributed by atoms with Crippen LogP contribution in [0.3, 0.4) is 0 Å². The van der Waals surface area contributed by atoms with Crippen molar-refractivity contribution in [2.45, 2.75) is 51.2 Å². The number of fused-ring (bicyclic) bond motifs is 1. The average Bonchev–Trinajstić information content (AvgIpc) is 2.77. The van der Waals surface area contributed by atoms with Crippen molar-refractivity contribution in [3.8, 4) is 11.5 Å². The Morgan fingerprint density at radius 3 is 2.63 bits per heavy atom. The third kappa shape index (κ3) is 5.32. The van der Waals surface area contributed by atoms with Crippen LogP contribution < -0.4 is 14.8 Å². The molecular formula is C24H29NO5. The summed E-state index contributed by atoms with van der Waals surface area (Å²) >= 11 is 0. The SMILES string of the molecule is COc1ccc(CCC(=O)O[C@H](C)C(=O)N[C@H]2CCCc3ccccc32)cc1OC. The lowest BCUT2D eigenvalue weighted by Gasteiger charge is -2.27. The van der Waals surface area contributed by atoms with E-state index >= 15 is 0 Å². The fraction of sp³-hybridized carbons (Fsp3) is 0.417. The summed E-state index contributed by atoms with van der Waals surface area (Å²) in [6.45, 7) is 1.61. The van der Waals surface area contributed by atoms with Crippen LogP contribution in [0, 0.1) is 0 Å². The van der Waals surface area contributed by atoms with Crippen LogP contribution in [0.5, 0.6) is 11.5 Å². The second-order valence-electron chi connectivity index (χ2n) is 7.47. The first-order valence-corrected chi connectivity index (χ1v) is 10.3. The van der Waals surface area contributed by atoms with Crippen molar-refractivity contribution < 1.29 is 23.8 Å². The Morgan fingerprint density at radius 1 is 1.10 bits per heavy atom. The van der Waals surface area contributed by atoms with Crippen molar-refractivity contribution in [3.05, 3.63) is 59.2 Å². The van der Waals surface area contributed by atoms with Gasteiger partial charge in [0.15, 0.2) is 17.6 Å². The highest BCUT2D eigenvalue weighted by Gasteiger charge is 2.25. The number of hydrogen-bond donors (Lipinski definition) is 1. The van der Waals surface area contributed by atoms with Gasteiger partial charge in [0.25, 0.3) is 5.91 Å². The van der Waals surface area contributed by atoms with Crippen LogP contribution in [0.4, 0.5) is 0 Å². The molecule has 0 aliphatic heterocycles. The van der Waals surface area contributed by atoms with Crippen LogP contribution >= 0.6 is 0 Å². The molecule has 160 valence electrons. The van der Waals surface area contributed by atoms with Crippen LogP contribution in [0.2, 0.25) is 0 Å². The average molecular weight is 411 g/mol. The summed E-state index contributed by atoms with van der Waals surface area (Å²) in [5.74, 6) is 0.579. The number of methoxy groups -OCH3 is 2. The first-order valence-electron chi connectivity index (χ1n) is 10.3. The minimum absolute atomic E-state index is 0.0321. The number of esters is 1. The zero-order chi connectivity index (χ0) is 21.5. The molecule has 6 heteroatoms. The number of nitrogens with one attached hydrogen (secondary N) is 1. The minimum Gasteiger partial charge on any atom is -0.493 e. The van der Waals surface area contributed by atoms with Crippen molar-refractivity contribution >= 4 is 11.9 Å². The topological polar surface area (TPSA) is 73.9 Å². The van der Waals surface area contributed by atoms with Crippen molar-refractivity contribution in [3.63, 3.8) is 0 Å². The molecule has 0 unspecified atom stereocenters. The molecule has 30 heavy (non-hydrogen) atoms. The van der Waals surface area contributed by atoms with Gasteiger partial charge >= 0.3 is 5.97 Å². The molecule has 1 aliphatic rings. The molecule has 0 aromatic heterocycles. The molecule has 2 aromatic rings. The normalized spacial score (nSPS) is 16.2. The Kier molecular flexibility index (Phi) is 7.33. The Labute approximate surface area is 177 Å². The Bertz CT molecular complexity index is 895. The summed E-state index contributed by atoms with van der Waals surface area (Å²) in [7, 11) is 3.15. The van der Waals surface area contributed by atoms with E-state index in [1.165, 1.54) is 5.56 Å². The maximum absolute atomic E-state index is 12.6. The number of aryl methyl sites for hydroxylation is 2. The van der Waals surface area contributed by atoms with Gasteiger partial charge in [-0.05, 0) is 61.4 Å². The highest BCUT2D eigenvalue weighted by molar-refractivity contribution is 5.83. The molecule has 2 atom stereocenters. The van der Waals surface area contributed by atoms with E-state index < -0.39 is 12.1 Å². The predicted octanol–water partition coefficient (Wildman–Crippen LogP) is 3.76. The van der Waals surface area contributed by atoms with Crippen LogP contribution in [0.15, 0.2) is 42.5 Å². The van der Waals surface area contributed by atoms with Crippen LogP contribution in [0.25, 0.3) is 0 Å². The molecule has 1 amide bonds. The fourth-order valence-corrected chi connectivity index (χ4v) is 3.79. The van der Waals surface area contributed by atoms with E-state index in [1.54, 1.807) is 27.2 Å². The van der Waals surface area contributed by atoms with Gasteiger partial charge in [-0.15, -0.1) is 0 Å². The van der Waals surface area contributed by atoms with Gasteiger partial charge in [-0.2, -0.15) is 0 Å². The summed E-state index contributed by atoms with van der Waals surface area (Å²) in [6.07, 6.45) is 2.79. The standard InChI is InChI=1S/C24H29NO5/c1-16(24(27)25-20-10-6-8-18-7-4-5-9-19(18)20)30-23(26)14-12-17-11-13-21(28-2)22(15-17)29-3/h4-5,7,9,11,13,15-16,20H,6,8,10,12,14H2,1-3H3,(H,25,27)/t16-,20+/m1/s1. The van der Waals surface area contributed by atoms with Gasteiger partial charge in [-0.3, -0.25) is 9.59 Å². The van der Waals surface area contributed by atoms with Crippen LogP contribution in [-0.4, -0.2) is 32.2 Å². The van der Waals surface area contributed by atoms with E-state index in [2.05, 4.69) is 17.4 Å². The smallest absolute Gasteiger partial charge is 0.306 e. The summed E-state index contributed by atoms with van der Waals surface area (Å²) in [5, 5.41) is 3.04. The molecule has 0 radical (unpaired) electrons. The molecule has 0 heterocycles. The maximum Gasteiger partial charge on any atom is 0.306 e. The largest absolute Gasteiger partial charge is 0.493 e. The number of rotatable bonds is 8. The van der Waals surface area contributed by atoms with E-state index in [9.17, 15) is 9.59 Å². The Morgan fingerprint density at radius 2 is 1.87 bits per heavy atom. The summed E-state index contributed by atoms with van der Waals surface area (Å²) in [5.41, 5.74) is 3.36. The molecular weight excluding hydrogens is 382 g/mol. The Balaban J connectivity index is 1.50. The predicted molar refractivity (Wildman–Crippen MR) is 114 cm³/mol. The van der Waals surface area contributed by atoms with E-state index in [1.807, 2.05) is 24.3 Å². The molecule has 0 saturated carbocycles. The van der Waals surface area contributed by atoms with Gasteiger partial charge in [-0.1, -0.05) is 30.3 Å². The molecule has 6 nitrogen and oxygen atoms in total. The molecule has 2 aromatic carbocycles. The van der Waals surface area contributed by atoms with Crippen LogP contribution in [-0.2, 0) is 27.2 Å². The first-order chi connectivity index (χ1) is 14.5. The second kappa shape index (κ2) is 10.1. The van der Waals surface area contributed by atoms with Crippen molar-refractivity contribution in [2.24, 2.45) is 0 Å². The maximum atomic E-state index is 12.6. The fourth-order valence-electron chi connectivity index (χ4n) is 3.79. The lowest BCUT2D eigenvalue weighted by atomic mass is 9.87. The van der Waals surface area contributed by atoms with Gasteiger partial charge in [0.2, 0.25) is 0 Å². The van der Waals surface area contributed by atoms with E-state index in [4.69, 9.17) is 14.2 Å². The number of benzene rings is 2. The molecule has 3 rings (SSSR count). The number of hydrogen-bond acceptors (Lipinski definition) is 5. The molecule has 0 fully saturated rings. The summed E-state index contributed by atoms with van der Waals surface area (Å²) in [4.78, 5) is 24.8. The van der Waals surface area contributed by atoms with Gasteiger partial charge in [-0.25, -0.2) is 0 Å². The molecule has 1 aliphatic carbocycles. The number of amides is 1. The number of carbonyl (C=O) groups excluding carboxylic acids is 2. The highest BCUT2D eigenvalue weighted by Crippen LogP contribution is 2.30. The molecule has 0 saturated heterocycles. The second-order valence-corrected chi connectivity index (χ2v) is 7.47. The lowest BCUT2D eigenvalue weighted by Crippen LogP contribution is -2.39. The number of carbonyl (C=O) groups is 2. The van der Waals surface area contributed by atoms with Crippen LogP contribution in [0.1, 0.15) is 48.9 Å². The van der Waals surface area contributed by atoms with Gasteiger partial charge in [0, 0.05) is 6.42 Å². The van der Waals surface area contributed by atoms with Gasteiger partial charge < -0.3 is 19.5 Å². The number of ether oxygens (including phenoxy) is 3. The van der Waals surface area contributed by atoms with Crippen molar-refractivity contribution in [1.82, 2.24) is 5.32 Å². The minimum atomic E-state index is -0.836. The van der Waals surface area contributed by atoms with E-state index in [0.29, 0.717) is 17.9 Å². The van der Waals surface area contributed by atoms with Crippen molar-refractivity contribution in [2.75, 3.05) is 14.2 Å². The lowest BCUT2D eigenvalue weighted by molar-refractivity contribution is -0.155. The van der Waals surface area contributed by atoms with Gasteiger partial charge in [0.1, 0.15) is 0 Å². The Hall–Kier alpha value is -3.02. The molecule has 1 N–H and O–H groups in total. The quantitative estimate of drug-likeness (QED) is 0.670. The molecule has 0 spiro atoms. The van der Waals surface area contributed by atoms with Gasteiger partial charge in [0.05, 0.1) is 20.3 Å². The first kappa shape index (κ1) is 21.7. The van der Waals surface area contributed by atoms with E-state index in [0.717, 1.165) is 30.4 Å². The zero-order valence-corrected chi connectivity index (χ0v) is 17.8. The molecule has 0 bridgehead atoms.